The number of hydrogen-bond acceptors (Lipinski definition) is 3. The zero-order valence-electron chi connectivity index (χ0n) is 9.84. The SMILES string of the molecule is OCCc1csc(-c2ccc3ccccc3c2)n1. The van der Waals surface area contributed by atoms with E-state index >= 15 is 0 Å². The predicted molar refractivity (Wildman–Crippen MR) is 75.8 cm³/mol. The van der Waals surface area contributed by atoms with Gasteiger partial charge in [0, 0.05) is 24.0 Å². The first-order chi connectivity index (χ1) is 8.86. The van der Waals surface area contributed by atoms with Crippen LogP contribution in [0.25, 0.3) is 21.3 Å². The minimum atomic E-state index is 0.154. The van der Waals surface area contributed by atoms with E-state index in [1.807, 2.05) is 17.5 Å². The summed E-state index contributed by atoms with van der Waals surface area (Å²) in [5.74, 6) is 0. The van der Waals surface area contributed by atoms with Gasteiger partial charge in [-0.3, -0.25) is 0 Å². The fraction of sp³-hybridized carbons (Fsp3) is 0.133. The molecule has 0 unspecified atom stereocenters. The van der Waals surface area contributed by atoms with Gasteiger partial charge in [0.2, 0.25) is 0 Å². The van der Waals surface area contributed by atoms with Gasteiger partial charge >= 0.3 is 0 Å². The highest BCUT2D eigenvalue weighted by Gasteiger charge is 2.05. The number of aliphatic hydroxyl groups is 1. The Labute approximate surface area is 110 Å². The van der Waals surface area contributed by atoms with Gasteiger partial charge in [-0.05, 0) is 16.8 Å². The van der Waals surface area contributed by atoms with Gasteiger partial charge in [0.1, 0.15) is 5.01 Å². The third kappa shape index (κ3) is 2.15. The van der Waals surface area contributed by atoms with Crippen LogP contribution in [0.5, 0.6) is 0 Å². The van der Waals surface area contributed by atoms with Crippen LogP contribution in [0.1, 0.15) is 5.69 Å². The van der Waals surface area contributed by atoms with Crippen LogP contribution in [0.4, 0.5) is 0 Å². The van der Waals surface area contributed by atoms with E-state index in [4.69, 9.17) is 5.11 Å². The van der Waals surface area contributed by atoms with Crippen LogP contribution in [0, 0.1) is 0 Å². The quantitative estimate of drug-likeness (QED) is 0.777. The van der Waals surface area contributed by atoms with Crippen LogP contribution in [0.3, 0.4) is 0 Å². The Balaban J connectivity index is 2.02. The zero-order valence-corrected chi connectivity index (χ0v) is 10.7. The first-order valence-corrected chi connectivity index (χ1v) is 6.79. The Morgan fingerprint density at radius 3 is 2.72 bits per heavy atom. The van der Waals surface area contributed by atoms with Crippen molar-refractivity contribution in [1.82, 2.24) is 4.98 Å². The van der Waals surface area contributed by atoms with E-state index in [2.05, 4.69) is 35.3 Å². The summed E-state index contributed by atoms with van der Waals surface area (Å²) in [4.78, 5) is 4.54. The highest BCUT2D eigenvalue weighted by molar-refractivity contribution is 7.13. The minimum Gasteiger partial charge on any atom is -0.396 e. The highest BCUT2D eigenvalue weighted by atomic mass is 32.1. The summed E-state index contributed by atoms with van der Waals surface area (Å²) in [7, 11) is 0. The summed E-state index contributed by atoms with van der Waals surface area (Å²) >= 11 is 1.63. The lowest BCUT2D eigenvalue weighted by atomic mass is 10.1. The monoisotopic (exact) mass is 255 g/mol. The Morgan fingerprint density at radius 2 is 1.89 bits per heavy atom. The molecule has 0 amide bonds. The molecule has 0 aliphatic heterocycles. The molecule has 90 valence electrons. The molecule has 0 spiro atoms. The number of nitrogens with zero attached hydrogens (tertiary/aromatic N) is 1. The second kappa shape index (κ2) is 4.88. The number of benzene rings is 2. The molecule has 0 aliphatic rings. The van der Waals surface area contributed by atoms with Crippen molar-refractivity contribution in [3.05, 3.63) is 53.5 Å². The third-order valence-electron chi connectivity index (χ3n) is 2.92. The first-order valence-electron chi connectivity index (χ1n) is 5.91. The van der Waals surface area contributed by atoms with E-state index in [-0.39, 0.29) is 6.61 Å². The van der Waals surface area contributed by atoms with Crippen LogP contribution in [-0.4, -0.2) is 16.7 Å². The summed E-state index contributed by atoms with van der Waals surface area (Å²) in [6.07, 6.45) is 0.629. The summed E-state index contributed by atoms with van der Waals surface area (Å²) in [6, 6.07) is 14.7. The van der Waals surface area contributed by atoms with Crippen molar-refractivity contribution < 1.29 is 5.11 Å². The molecule has 0 fully saturated rings. The second-order valence-electron chi connectivity index (χ2n) is 4.18. The van der Waals surface area contributed by atoms with Gasteiger partial charge in [-0.2, -0.15) is 0 Å². The Hall–Kier alpha value is -1.71. The molecular formula is C15H13NOS. The first kappa shape index (κ1) is 11.4. The molecule has 3 heteroatoms. The van der Waals surface area contributed by atoms with Gasteiger partial charge in [0.15, 0.2) is 0 Å². The zero-order chi connectivity index (χ0) is 12.4. The summed E-state index contributed by atoms with van der Waals surface area (Å²) in [5.41, 5.74) is 2.11. The average Bonchev–Trinajstić information content (AvgIpc) is 2.87. The molecule has 0 saturated heterocycles. The summed E-state index contributed by atoms with van der Waals surface area (Å²) < 4.78 is 0. The third-order valence-corrected chi connectivity index (χ3v) is 3.86. The standard InChI is InChI=1S/C15H13NOS/c17-8-7-14-10-18-15(16-14)13-6-5-11-3-1-2-4-12(11)9-13/h1-6,9-10,17H,7-8H2. The predicted octanol–water partition coefficient (Wildman–Crippen LogP) is 3.50. The van der Waals surface area contributed by atoms with Gasteiger partial charge in [-0.1, -0.05) is 36.4 Å². The molecule has 1 aromatic heterocycles. The van der Waals surface area contributed by atoms with Crippen LogP contribution >= 0.6 is 11.3 Å². The minimum absolute atomic E-state index is 0.154. The number of rotatable bonds is 3. The fourth-order valence-corrected chi connectivity index (χ4v) is 2.84. The van der Waals surface area contributed by atoms with Crippen molar-refractivity contribution >= 4 is 22.1 Å². The molecule has 1 heterocycles. The molecule has 0 atom stereocenters. The summed E-state index contributed by atoms with van der Waals surface area (Å²) in [5, 5.41) is 14.4. The van der Waals surface area contributed by atoms with Crippen LogP contribution in [-0.2, 0) is 6.42 Å². The van der Waals surface area contributed by atoms with Crippen molar-refractivity contribution in [2.45, 2.75) is 6.42 Å². The molecule has 0 aliphatic carbocycles. The maximum Gasteiger partial charge on any atom is 0.123 e. The van der Waals surface area contributed by atoms with E-state index in [1.165, 1.54) is 10.8 Å². The molecule has 0 saturated carbocycles. The number of aliphatic hydroxyl groups excluding tert-OH is 1. The van der Waals surface area contributed by atoms with Gasteiger partial charge < -0.3 is 5.11 Å². The number of fused-ring (bicyclic) bond motifs is 1. The molecule has 3 aromatic rings. The van der Waals surface area contributed by atoms with Crippen LogP contribution in [0.15, 0.2) is 47.8 Å². The molecule has 2 nitrogen and oxygen atoms in total. The average molecular weight is 255 g/mol. The smallest absolute Gasteiger partial charge is 0.123 e. The number of hydrogen-bond donors (Lipinski definition) is 1. The van der Waals surface area contributed by atoms with E-state index in [9.17, 15) is 0 Å². The largest absolute Gasteiger partial charge is 0.396 e. The van der Waals surface area contributed by atoms with E-state index in [1.54, 1.807) is 11.3 Å². The van der Waals surface area contributed by atoms with E-state index in [0.29, 0.717) is 6.42 Å². The van der Waals surface area contributed by atoms with Gasteiger partial charge in [0.05, 0.1) is 5.69 Å². The summed E-state index contributed by atoms with van der Waals surface area (Å²) in [6.45, 7) is 0.154. The van der Waals surface area contributed by atoms with Crippen molar-refractivity contribution in [1.29, 1.82) is 0 Å². The molecule has 3 rings (SSSR count). The highest BCUT2D eigenvalue weighted by Crippen LogP contribution is 2.27. The maximum absolute atomic E-state index is 8.91. The Kier molecular flexibility index (Phi) is 3.09. The topological polar surface area (TPSA) is 33.1 Å². The lowest BCUT2D eigenvalue weighted by molar-refractivity contribution is 0.298. The van der Waals surface area contributed by atoms with Crippen molar-refractivity contribution in [3.63, 3.8) is 0 Å². The lowest BCUT2D eigenvalue weighted by Gasteiger charge is -2.00. The molecule has 18 heavy (non-hydrogen) atoms. The second-order valence-corrected chi connectivity index (χ2v) is 5.04. The van der Waals surface area contributed by atoms with Gasteiger partial charge in [-0.15, -0.1) is 11.3 Å². The van der Waals surface area contributed by atoms with Gasteiger partial charge in [0.25, 0.3) is 0 Å². The molecule has 2 aromatic carbocycles. The van der Waals surface area contributed by atoms with Gasteiger partial charge in [-0.25, -0.2) is 4.98 Å². The van der Waals surface area contributed by atoms with Crippen molar-refractivity contribution in [2.24, 2.45) is 0 Å². The number of aromatic nitrogens is 1. The number of thiazole rings is 1. The normalized spacial score (nSPS) is 10.9. The lowest BCUT2D eigenvalue weighted by Crippen LogP contribution is -1.90. The fourth-order valence-electron chi connectivity index (χ4n) is 1.99. The van der Waals surface area contributed by atoms with E-state index in [0.717, 1.165) is 16.3 Å². The van der Waals surface area contributed by atoms with E-state index < -0.39 is 0 Å². The molecular weight excluding hydrogens is 242 g/mol. The Bertz CT molecular complexity index is 675. The van der Waals surface area contributed by atoms with Crippen LogP contribution in [0.2, 0.25) is 0 Å². The molecule has 0 radical (unpaired) electrons. The Morgan fingerprint density at radius 1 is 1.06 bits per heavy atom. The van der Waals surface area contributed by atoms with Crippen molar-refractivity contribution in [2.75, 3.05) is 6.61 Å². The van der Waals surface area contributed by atoms with Crippen molar-refractivity contribution in [3.8, 4) is 10.6 Å². The van der Waals surface area contributed by atoms with Crippen LogP contribution < -0.4 is 0 Å². The molecule has 0 bridgehead atoms. The maximum atomic E-state index is 8.91. The molecule has 1 N–H and O–H groups in total.